The summed E-state index contributed by atoms with van der Waals surface area (Å²) in [5.41, 5.74) is 3.47. The van der Waals surface area contributed by atoms with Crippen LogP contribution in [0.5, 0.6) is 46.0 Å². The number of aromatic nitrogens is 8. The van der Waals surface area contributed by atoms with Crippen LogP contribution in [0.1, 0.15) is 47.9 Å². The number of morpholine rings is 2. The fourth-order valence-electron chi connectivity index (χ4n) is 15.7. The van der Waals surface area contributed by atoms with E-state index in [0.29, 0.717) is 117 Å². The number of benzene rings is 12. The van der Waals surface area contributed by atoms with Crippen LogP contribution in [0.2, 0.25) is 10.0 Å². The van der Waals surface area contributed by atoms with E-state index in [2.05, 4.69) is 82.1 Å². The quantitative estimate of drug-likeness (QED) is 0.0329. The molecule has 4 aliphatic rings. The highest BCUT2D eigenvalue weighted by Crippen LogP contribution is 2.42. The van der Waals surface area contributed by atoms with E-state index in [9.17, 15) is 71.9 Å². The molecule has 12 aromatic carbocycles. The number of fused-ring (bicyclic) bond motifs is 4. The number of nitrogens with one attached hydrogen (secondary N) is 8. The van der Waals surface area contributed by atoms with E-state index in [1.165, 1.54) is 36.4 Å². The van der Waals surface area contributed by atoms with Crippen molar-refractivity contribution in [1.82, 2.24) is 39.9 Å². The van der Waals surface area contributed by atoms with Gasteiger partial charge >= 0.3 is 48.8 Å². The molecule has 8 heterocycles. The molecular weight excluding hydrogens is 1990 g/mol. The molecule has 4 saturated heterocycles. The van der Waals surface area contributed by atoms with Crippen molar-refractivity contribution in [2.45, 2.75) is 50.4 Å². The summed E-state index contributed by atoms with van der Waals surface area (Å²) < 4.78 is 191. The molecule has 0 bridgehead atoms. The van der Waals surface area contributed by atoms with E-state index in [4.69, 9.17) is 71.6 Å². The molecular formula is C104H86Cl2F12N20O10. The molecule has 4 aliphatic heterocycles. The van der Waals surface area contributed by atoms with Crippen molar-refractivity contribution in [3.8, 4) is 46.0 Å². The van der Waals surface area contributed by atoms with Gasteiger partial charge in [0.25, 0.3) is 0 Å². The zero-order valence-electron chi connectivity index (χ0n) is 77.6. The van der Waals surface area contributed by atoms with E-state index in [1.54, 1.807) is 170 Å². The first-order valence-electron chi connectivity index (χ1n) is 45.9. The zero-order chi connectivity index (χ0) is 104. The third-order valence-corrected chi connectivity index (χ3v) is 23.5. The Balaban J connectivity index is 0.000000135. The van der Waals surface area contributed by atoms with Crippen LogP contribution in [0, 0.1) is 0 Å². The number of anilines is 12. The number of hydrogen-bond donors (Lipinski definition) is 8. The molecule has 0 saturated carbocycles. The third-order valence-electron chi connectivity index (χ3n) is 22.8. The van der Waals surface area contributed by atoms with Crippen LogP contribution in [0.4, 0.5) is 141 Å². The van der Waals surface area contributed by atoms with Gasteiger partial charge in [0.15, 0.2) is 0 Å². The Morgan fingerprint density at radius 1 is 0.257 bits per heavy atom. The summed E-state index contributed by atoms with van der Waals surface area (Å²) in [7, 11) is 0. The normalized spacial score (nSPS) is 13.7. The topological polar surface area (TPSA) is 336 Å². The van der Waals surface area contributed by atoms with Gasteiger partial charge in [0.1, 0.15) is 69.3 Å². The largest absolute Gasteiger partial charge is 0.457 e. The third kappa shape index (κ3) is 28.0. The van der Waals surface area contributed by atoms with Crippen LogP contribution in [0.3, 0.4) is 0 Å². The number of amides is 8. The van der Waals surface area contributed by atoms with E-state index in [-0.39, 0.29) is 22.7 Å². The van der Waals surface area contributed by atoms with Crippen LogP contribution in [0.25, 0.3) is 44.1 Å². The predicted octanol–water partition coefficient (Wildman–Crippen LogP) is 26.5. The minimum absolute atomic E-state index is 0.0217. The summed E-state index contributed by atoms with van der Waals surface area (Å²) in [6.45, 7) is 9.41. The Morgan fingerprint density at radius 2 is 0.486 bits per heavy atom. The van der Waals surface area contributed by atoms with Gasteiger partial charge in [-0.1, -0.05) is 59.6 Å². The fraction of sp³-hybridized carbons (Fsp3) is 0.192. The molecule has 0 atom stereocenters. The van der Waals surface area contributed by atoms with Gasteiger partial charge in [0.05, 0.1) is 128 Å². The molecule has 4 aromatic heterocycles. The highest BCUT2D eigenvalue weighted by Gasteiger charge is 2.37. The molecule has 8 amide bonds. The molecule has 760 valence electrons. The average Bonchev–Trinajstić information content (AvgIpc) is 0.980. The number of alkyl halides is 12. The van der Waals surface area contributed by atoms with Crippen molar-refractivity contribution >= 4 is 160 Å². The number of carbonyl (C=O) groups excluding carboxylic acids is 4. The number of rotatable bonds is 20. The maximum atomic E-state index is 13.1. The van der Waals surface area contributed by atoms with Gasteiger partial charge in [-0.25, -0.2) is 39.1 Å². The van der Waals surface area contributed by atoms with Crippen molar-refractivity contribution in [3.05, 3.63) is 312 Å². The maximum Gasteiger partial charge on any atom is 0.417 e. The minimum atomic E-state index is -4.64. The smallest absolute Gasteiger partial charge is 0.417 e. The molecule has 148 heavy (non-hydrogen) atoms. The predicted molar refractivity (Wildman–Crippen MR) is 540 cm³/mol. The molecule has 16 aromatic rings. The van der Waals surface area contributed by atoms with Crippen LogP contribution < -0.4 is 81.1 Å². The fourth-order valence-corrected chi connectivity index (χ4v) is 16.2. The second-order valence-electron chi connectivity index (χ2n) is 33.5. The molecule has 0 spiro atoms. The van der Waals surface area contributed by atoms with Gasteiger partial charge in [0.2, 0.25) is 0 Å². The maximum absolute atomic E-state index is 13.1. The van der Waals surface area contributed by atoms with Gasteiger partial charge in [-0.2, -0.15) is 52.7 Å². The van der Waals surface area contributed by atoms with Crippen LogP contribution in [-0.2, 0) is 34.2 Å². The second-order valence-corrected chi connectivity index (χ2v) is 34.3. The highest BCUT2D eigenvalue weighted by molar-refractivity contribution is 6.32. The van der Waals surface area contributed by atoms with Crippen LogP contribution in [-0.4, -0.2) is 143 Å². The van der Waals surface area contributed by atoms with Crippen LogP contribution >= 0.6 is 23.2 Å². The monoisotopic (exact) mass is 2070 g/mol. The van der Waals surface area contributed by atoms with E-state index in [1.807, 2.05) is 24.3 Å². The summed E-state index contributed by atoms with van der Waals surface area (Å²) in [4.78, 5) is 94.9. The zero-order valence-corrected chi connectivity index (χ0v) is 79.1. The summed E-state index contributed by atoms with van der Waals surface area (Å²) in [5, 5.41) is 19.0. The van der Waals surface area contributed by atoms with Crippen molar-refractivity contribution in [2.24, 2.45) is 0 Å². The summed E-state index contributed by atoms with van der Waals surface area (Å²) in [6.07, 6.45) is -6.67. The number of urea groups is 4. The Bertz CT molecular complexity index is 7510. The Labute approximate surface area is 845 Å². The first-order valence-corrected chi connectivity index (χ1v) is 46.7. The van der Waals surface area contributed by atoms with Gasteiger partial charge in [0, 0.05) is 146 Å². The summed E-state index contributed by atoms with van der Waals surface area (Å²) in [5.74, 6) is 7.17. The molecule has 8 N–H and O–H groups in total. The Morgan fingerprint density at radius 3 is 0.736 bits per heavy atom. The Hall–Kier alpha value is -16.9. The van der Waals surface area contributed by atoms with E-state index in [0.717, 1.165) is 172 Å². The highest BCUT2D eigenvalue weighted by atomic mass is 35.5. The molecule has 20 rings (SSSR count). The van der Waals surface area contributed by atoms with Gasteiger partial charge in [-0.3, -0.25) is 19.9 Å². The van der Waals surface area contributed by atoms with Crippen molar-refractivity contribution in [2.75, 3.05) is 141 Å². The van der Waals surface area contributed by atoms with Crippen molar-refractivity contribution in [3.63, 3.8) is 0 Å². The molecule has 0 radical (unpaired) electrons. The minimum Gasteiger partial charge on any atom is -0.457 e. The van der Waals surface area contributed by atoms with Gasteiger partial charge in [-0.15, -0.1) is 0 Å². The van der Waals surface area contributed by atoms with Crippen molar-refractivity contribution in [1.29, 1.82) is 0 Å². The number of ether oxygens (including phenoxy) is 6. The molecule has 30 nitrogen and oxygen atoms in total. The lowest BCUT2D eigenvalue weighted by Crippen LogP contribution is -2.36. The van der Waals surface area contributed by atoms with E-state index >= 15 is 0 Å². The molecule has 44 heteroatoms. The summed E-state index contributed by atoms with van der Waals surface area (Å²) >= 11 is 11.3. The van der Waals surface area contributed by atoms with Gasteiger partial charge < -0.3 is 90.6 Å². The number of nitrogens with zero attached hydrogens (tertiary/aromatic N) is 12. The Kier molecular flexibility index (Phi) is 31.9. The summed E-state index contributed by atoms with van der Waals surface area (Å²) in [6, 6.07) is 60.4. The van der Waals surface area contributed by atoms with Crippen molar-refractivity contribution < 1.29 is 100 Å². The second kappa shape index (κ2) is 46.0. The lowest BCUT2D eigenvalue weighted by atomic mass is 10.2. The number of carbonyl (C=O) groups is 4. The van der Waals surface area contributed by atoms with Crippen LogP contribution in [0.15, 0.2) is 280 Å². The number of hydrogen-bond acceptors (Lipinski definition) is 22. The van der Waals surface area contributed by atoms with E-state index < -0.39 is 81.1 Å². The van der Waals surface area contributed by atoms with Gasteiger partial charge in [-0.05, 0) is 196 Å². The first-order chi connectivity index (χ1) is 71.1. The molecule has 4 fully saturated rings. The molecule has 0 unspecified atom stereocenters. The molecule has 0 aliphatic carbocycles. The SMILES string of the molecule is O=C(Nc1cccc(Oc2ccc3ncc(N4CCCC4)nc3c2)c1)Nc1ccc(Cl)c(C(F)(F)F)c1.O=C(Nc1cccc(Oc2ccc3ncc(N4CCCC4)nc3c2)c1)Nc1cccc(C(F)(F)F)c1.O=C(Nc1cccc(Oc2ccc3ncc(N4CCOCC4)nc3c2)c1)Nc1ccc(Cl)c(C(F)(F)F)c1.O=C(Nc1cccc(Oc2ccc3ncc(N4CCOCC4)nc3c2)c1)Nc1cccc(C(F)(F)F)c1. The lowest BCUT2D eigenvalue weighted by molar-refractivity contribution is -0.138. The standard InChI is InChI=1S/C26H21ClF3N5O3.C26H21ClF3N5O2.C26H22F3N5O3.C26H22F3N5O2/c27-21-6-4-17(13-20(21)26(28,29)30)33-25(36)32-16-2-1-3-18(12-16)38-19-5-7-22-23(14-19)34-24(15-31-22)35-8-10-37-11-9-35;27-21-8-6-17(13-20(21)26(28,29)30)33-25(36)32-16-4-3-5-18(12-16)37-19-7-9-22-23(14-19)34-24(15-31-22)35-10-1-2-11-35;27-26(28,29)17-3-1-4-18(13-17)31-25(35)32-19-5-2-6-20(14-19)37-21-7-8-22-23(15-21)33-24(16-30-22)34-9-11-36-12-10-34;27-26(28,29)17-5-3-6-18(13-17)31-25(35)32-19-7-4-8-20(14-19)36-21-9-10-22-23(15-21)33-24(16-30-22)34-11-1-2-12-34/h1-7,12-15H,8-11H2,(H2,32,33,36);3-9,12-15H,1-2,10-11H2,(H2,32,33,36);1-8,13-16H,9-12H2,(H2,31,32,35);3-10,13-16H,1-2,11-12H2,(H2,31,32,35). The average molecular weight is 2070 g/mol. The first kappa shape index (κ1) is 103. The number of halogens is 14. The lowest BCUT2D eigenvalue weighted by Gasteiger charge is -2.27.